The zero-order valence-corrected chi connectivity index (χ0v) is 11.6. The molecule has 0 atom stereocenters. The highest BCUT2D eigenvalue weighted by molar-refractivity contribution is 5.44. The first-order chi connectivity index (χ1) is 8.74. The Kier molecular flexibility index (Phi) is 5.02. The second kappa shape index (κ2) is 6.76. The maximum absolute atomic E-state index is 3.55. The van der Waals surface area contributed by atoms with E-state index in [0.717, 1.165) is 19.0 Å². The maximum atomic E-state index is 3.55. The number of nitrogens with one attached hydrogen (secondary N) is 2. The molecular formula is C15H25N3. The van der Waals surface area contributed by atoms with E-state index in [4.69, 9.17) is 0 Å². The Morgan fingerprint density at radius 3 is 2.44 bits per heavy atom. The van der Waals surface area contributed by atoms with Crippen LogP contribution in [0.25, 0.3) is 0 Å². The van der Waals surface area contributed by atoms with Crippen LogP contribution >= 0.6 is 0 Å². The van der Waals surface area contributed by atoms with Crippen LogP contribution in [0.5, 0.6) is 0 Å². The van der Waals surface area contributed by atoms with Crippen molar-refractivity contribution in [2.45, 2.75) is 19.4 Å². The van der Waals surface area contributed by atoms with E-state index in [-0.39, 0.29) is 0 Å². The van der Waals surface area contributed by atoms with Gasteiger partial charge in [-0.05, 0) is 63.6 Å². The van der Waals surface area contributed by atoms with Crippen LogP contribution in [0.15, 0.2) is 24.3 Å². The zero-order chi connectivity index (χ0) is 12.8. The van der Waals surface area contributed by atoms with Crippen molar-refractivity contribution in [1.82, 2.24) is 10.2 Å². The molecule has 1 aromatic carbocycles. The summed E-state index contributed by atoms with van der Waals surface area (Å²) < 4.78 is 0. The van der Waals surface area contributed by atoms with Gasteiger partial charge in [-0.3, -0.25) is 0 Å². The van der Waals surface area contributed by atoms with Crippen molar-refractivity contribution in [2.24, 2.45) is 5.92 Å². The van der Waals surface area contributed by atoms with Crippen LogP contribution in [0.2, 0.25) is 0 Å². The third kappa shape index (κ3) is 4.31. The van der Waals surface area contributed by atoms with Crippen LogP contribution in [0.1, 0.15) is 18.4 Å². The van der Waals surface area contributed by atoms with E-state index in [1.54, 1.807) is 0 Å². The summed E-state index contributed by atoms with van der Waals surface area (Å²) in [5.74, 6) is 0.827. The van der Waals surface area contributed by atoms with Gasteiger partial charge in [-0.25, -0.2) is 0 Å². The normalized spacial score (nSPS) is 17.1. The van der Waals surface area contributed by atoms with Crippen molar-refractivity contribution in [3.05, 3.63) is 29.8 Å². The van der Waals surface area contributed by atoms with Gasteiger partial charge in [-0.2, -0.15) is 0 Å². The van der Waals surface area contributed by atoms with Crippen LogP contribution in [0, 0.1) is 5.92 Å². The molecule has 2 rings (SSSR count). The number of hydrogen-bond donors (Lipinski definition) is 2. The molecule has 100 valence electrons. The summed E-state index contributed by atoms with van der Waals surface area (Å²) in [5, 5.41) is 6.96. The van der Waals surface area contributed by atoms with Crippen molar-refractivity contribution in [1.29, 1.82) is 0 Å². The van der Waals surface area contributed by atoms with Gasteiger partial charge in [0.15, 0.2) is 0 Å². The second-order valence-electron chi connectivity index (χ2n) is 5.51. The molecule has 1 aromatic rings. The molecule has 2 N–H and O–H groups in total. The summed E-state index contributed by atoms with van der Waals surface area (Å²) in [6.45, 7) is 4.46. The van der Waals surface area contributed by atoms with Crippen molar-refractivity contribution >= 4 is 5.69 Å². The van der Waals surface area contributed by atoms with Crippen LogP contribution in [-0.2, 0) is 6.54 Å². The lowest BCUT2D eigenvalue weighted by molar-refractivity contribution is 0.390. The van der Waals surface area contributed by atoms with E-state index in [2.05, 4.69) is 53.9 Å². The molecule has 0 aromatic heterocycles. The van der Waals surface area contributed by atoms with Crippen molar-refractivity contribution < 1.29 is 0 Å². The standard InChI is InChI=1S/C15H25N3/c1-18(2)12-14-3-5-15(6-4-14)17-11-13-7-9-16-10-8-13/h3-6,13,16-17H,7-12H2,1-2H3. The van der Waals surface area contributed by atoms with Gasteiger partial charge in [0.2, 0.25) is 0 Å². The zero-order valence-electron chi connectivity index (χ0n) is 11.6. The highest BCUT2D eigenvalue weighted by Gasteiger charge is 2.12. The van der Waals surface area contributed by atoms with Crippen LogP contribution in [0.3, 0.4) is 0 Å². The minimum Gasteiger partial charge on any atom is -0.385 e. The van der Waals surface area contributed by atoms with Gasteiger partial charge < -0.3 is 15.5 Å². The fourth-order valence-electron chi connectivity index (χ4n) is 2.44. The molecule has 3 heteroatoms. The first-order valence-corrected chi connectivity index (χ1v) is 6.92. The number of piperidine rings is 1. The van der Waals surface area contributed by atoms with Crippen molar-refractivity contribution in [3.8, 4) is 0 Å². The summed E-state index contributed by atoms with van der Waals surface area (Å²) in [5.41, 5.74) is 2.61. The molecule has 0 bridgehead atoms. The fourth-order valence-corrected chi connectivity index (χ4v) is 2.44. The fraction of sp³-hybridized carbons (Fsp3) is 0.600. The molecule has 1 aliphatic heterocycles. The van der Waals surface area contributed by atoms with Gasteiger partial charge >= 0.3 is 0 Å². The number of anilines is 1. The quantitative estimate of drug-likeness (QED) is 0.835. The minimum absolute atomic E-state index is 0.827. The molecule has 18 heavy (non-hydrogen) atoms. The Morgan fingerprint density at radius 1 is 1.17 bits per heavy atom. The SMILES string of the molecule is CN(C)Cc1ccc(NCC2CCNCC2)cc1. The molecule has 0 spiro atoms. The Bertz CT molecular complexity index is 339. The van der Waals surface area contributed by atoms with E-state index in [9.17, 15) is 0 Å². The first-order valence-electron chi connectivity index (χ1n) is 6.92. The summed E-state index contributed by atoms with van der Waals surface area (Å²) in [4.78, 5) is 2.19. The number of nitrogens with zero attached hydrogens (tertiary/aromatic N) is 1. The smallest absolute Gasteiger partial charge is 0.0340 e. The lowest BCUT2D eigenvalue weighted by Crippen LogP contribution is -2.31. The Labute approximate surface area is 111 Å². The lowest BCUT2D eigenvalue weighted by Gasteiger charge is -2.23. The summed E-state index contributed by atoms with van der Waals surface area (Å²) in [6.07, 6.45) is 2.59. The van der Waals surface area contributed by atoms with Gasteiger partial charge in [0.1, 0.15) is 0 Å². The van der Waals surface area contributed by atoms with E-state index >= 15 is 0 Å². The molecule has 1 saturated heterocycles. The molecule has 3 nitrogen and oxygen atoms in total. The highest BCUT2D eigenvalue weighted by atomic mass is 15.0. The molecule has 0 saturated carbocycles. The monoisotopic (exact) mass is 247 g/mol. The van der Waals surface area contributed by atoms with Crippen LogP contribution in [0.4, 0.5) is 5.69 Å². The molecule has 0 aliphatic carbocycles. The summed E-state index contributed by atoms with van der Waals surface area (Å²) >= 11 is 0. The first kappa shape index (κ1) is 13.4. The third-order valence-corrected chi connectivity index (χ3v) is 3.51. The maximum Gasteiger partial charge on any atom is 0.0340 e. The molecule has 0 amide bonds. The second-order valence-corrected chi connectivity index (χ2v) is 5.51. The van der Waals surface area contributed by atoms with Crippen LogP contribution in [-0.4, -0.2) is 38.6 Å². The van der Waals surface area contributed by atoms with Gasteiger partial charge in [0, 0.05) is 18.8 Å². The van der Waals surface area contributed by atoms with Gasteiger partial charge in [-0.15, -0.1) is 0 Å². The molecule has 0 unspecified atom stereocenters. The predicted molar refractivity (Wildman–Crippen MR) is 77.9 cm³/mol. The highest BCUT2D eigenvalue weighted by Crippen LogP contribution is 2.15. The van der Waals surface area contributed by atoms with E-state index in [1.165, 1.54) is 37.2 Å². The Balaban J connectivity index is 1.78. The molecular weight excluding hydrogens is 222 g/mol. The summed E-state index contributed by atoms with van der Waals surface area (Å²) in [7, 11) is 4.20. The number of hydrogen-bond acceptors (Lipinski definition) is 3. The van der Waals surface area contributed by atoms with E-state index in [0.29, 0.717) is 0 Å². The van der Waals surface area contributed by atoms with Crippen molar-refractivity contribution in [2.75, 3.05) is 39.0 Å². The van der Waals surface area contributed by atoms with Crippen LogP contribution < -0.4 is 10.6 Å². The molecule has 1 fully saturated rings. The summed E-state index contributed by atoms with van der Waals surface area (Å²) in [6, 6.07) is 8.81. The van der Waals surface area contributed by atoms with Gasteiger partial charge in [0.25, 0.3) is 0 Å². The number of benzene rings is 1. The Morgan fingerprint density at radius 2 is 1.83 bits per heavy atom. The molecule has 1 heterocycles. The minimum atomic E-state index is 0.827. The predicted octanol–water partition coefficient (Wildman–Crippen LogP) is 2.16. The lowest BCUT2D eigenvalue weighted by atomic mass is 9.98. The third-order valence-electron chi connectivity index (χ3n) is 3.51. The van der Waals surface area contributed by atoms with E-state index in [1.807, 2.05) is 0 Å². The number of rotatable bonds is 5. The Hall–Kier alpha value is -1.06. The van der Waals surface area contributed by atoms with Gasteiger partial charge in [0.05, 0.1) is 0 Å². The molecule has 1 aliphatic rings. The van der Waals surface area contributed by atoms with E-state index < -0.39 is 0 Å². The largest absolute Gasteiger partial charge is 0.385 e. The average molecular weight is 247 g/mol. The van der Waals surface area contributed by atoms with Crippen molar-refractivity contribution in [3.63, 3.8) is 0 Å². The molecule has 0 radical (unpaired) electrons. The topological polar surface area (TPSA) is 27.3 Å². The van der Waals surface area contributed by atoms with Gasteiger partial charge in [-0.1, -0.05) is 12.1 Å². The average Bonchev–Trinajstić information content (AvgIpc) is 2.38.